The van der Waals surface area contributed by atoms with Crippen molar-refractivity contribution in [2.75, 3.05) is 13.1 Å². The van der Waals surface area contributed by atoms with Gasteiger partial charge in [-0.2, -0.15) is 0 Å². The Morgan fingerprint density at radius 3 is 3.21 bits per heavy atom. The Hall–Kier alpha value is -1.52. The first-order chi connectivity index (χ1) is 6.77. The van der Waals surface area contributed by atoms with Crippen molar-refractivity contribution in [1.82, 2.24) is 9.88 Å². The van der Waals surface area contributed by atoms with Crippen molar-refractivity contribution in [2.24, 2.45) is 0 Å². The molecule has 0 spiro atoms. The van der Waals surface area contributed by atoms with Gasteiger partial charge in [0.15, 0.2) is 5.89 Å². The zero-order valence-corrected chi connectivity index (χ0v) is 7.72. The van der Waals surface area contributed by atoms with Gasteiger partial charge in [0.1, 0.15) is 6.26 Å². The highest BCUT2D eigenvalue weighted by Gasteiger charge is 2.26. The van der Waals surface area contributed by atoms with E-state index in [4.69, 9.17) is 9.52 Å². The molecule has 1 unspecified atom stereocenters. The normalized spacial score (nSPS) is 22.3. The van der Waals surface area contributed by atoms with Crippen LogP contribution in [-0.2, 0) is 0 Å². The summed E-state index contributed by atoms with van der Waals surface area (Å²) in [6.45, 7) is 1.11. The van der Waals surface area contributed by atoms with Gasteiger partial charge >= 0.3 is 6.09 Å². The van der Waals surface area contributed by atoms with Gasteiger partial charge < -0.3 is 14.4 Å². The lowest BCUT2D eigenvalue weighted by molar-refractivity contribution is 0.127. The third-order valence-electron chi connectivity index (χ3n) is 2.49. The average Bonchev–Trinajstić information content (AvgIpc) is 2.71. The molecule has 2 rings (SSSR count). The van der Waals surface area contributed by atoms with Crippen molar-refractivity contribution >= 4 is 6.09 Å². The predicted octanol–water partition coefficient (Wildman–Crippen LogP) is 1.53. The second-order valence-electron chi connectivity index (χ2n) is 3.44. The number of hydrogen-bond acceptors (Lipinski definition) is 3. The molecule has 1 aliphatic heterocycles. The van der Waals surface area contributed by atoms with Gasteiger partial charge in [-0.25, -0.2) is 9.78 Å². The molecule has 0 aliphatic carbocycles. The van der Waals surface area contributed by atoms with E-state index in [1.807, 2.05) is 0 Å². The molecule has 0 saturated carbocycles. The minimum Gasteiger partial charge on any atom is -0.465 e. The molecule has 1 amide bonds. The number of oxazole rings is 1. The zero-order valence-electron chi connectivity index (χ0n) is 7.72. The Labute approximate surface area is 81.3 Å². The second kappa shape index (κ2) is 3.69. The molecule has 1 aromatic heterocycles. The summed E-state index contributed by atoms with van der Waals surface area (Å²) >= 11 is 0. The summed E-state index contributed by atoms with van der Waals surface area (Å²) in [5, 5.41) is 8.83. The molecule has 2 heterocycles. The summed E-state index contributed by atoms with van der Waals surface area (Å²) in [7, 11) is 0. The number of hydrogen-bond donors (Lipinski definition) is 1. The quantitative estimate of drug-likeness (QED) is 0.739. The van der Waals surface area contributed by atoms with Crippen molar-refractivity contribution in [2.45, 2.75) is 18.8 Å². The molecular weight excluding hydrogens is 184 g/mol. The van der Waals surface area contributed by atoms with E-state index in [2.05, 4.69) is 4.98 Å². The zero-order chi connectivity index (χ0) is 9.97. The SMILES string of the molecule is O=C(O)N1CCCC(c2ncco2)C1. The molecule has 0 radical (unpaired) electrons. The van der Waals surface area contributed by atoms with E-state index in [9.17, 15) is 4.79 Å². The van der Waals surface area contributed by atoms with E-state index in [0.29, 0.717) is 19.0 Å². The van der Waals surface area contributed by atoms with Crippen molar-refractivity contribution in [3.05, 3.63) is 18.4 Å². The summed E-state index contributed by atoms with van der Waals surface area (Å²) in [6.07, 6.45) is 4.08. The summed E-state index contributed by atoms with van der Waals surface area (Å²) < 4.78 is 5.17. The molecular formula is C9H12N2O3. The topological polar surface area (TPSA) is 66.6 Å². The number of piperidine rings is 1. The molecule has 76 valence electrons. The summed E-state index contributed by atoms with van der Waals surface area (Å²) in [5.74, 6) is 0.769. The molecule has 0 bridgehead atoms. The van der Waals surface area contributed by atoms with Gasteiger partial charge in [0, 0.05) is 13.1 Å². The number of likely N-dealkylation sites (tertiary alicyclic amines) is 1. The van der Waals surface area contributed by atoms with E-state index in [-0.39, 0.29) is 5.92 Å². The largest absolute Gasteiger partial charge is 0.465 e. The summed E-state index contributed by atoms with van der Waals surface area (Å²) in [5.41, 5.74) is 0. The predicted molar refractivity (Wildman–Crippen MR) is 48.1 cm³/mol. The van der Waals surface area contributed by atoms with Crippen LogP contribution >= 0.6 is 0 Å². The first-order valence-electron chi connectivity index (χ1n) is 4.64. The van der Waals surface area contributed by atoms with Crippen molar-refractivity contribution in [1.29, 1.82) is 0 Å². The third kappa shape index (κ3) is 1.71. The number of nitrogens with zero attached hydrogens (tertiary/aromatic N) is 2. The molecule has 1 aromatic rings. The maximum atomic E-state index is 10.7. The van der Waals surface area contributed by atoms with Gasteiger partial charge in [0.05, 0.1) is 12.1 Å². The van der Waals surface area contributed by atoms with Crippen molar-refractivity contribution < 1.29 is 14.3 Å². The van der Waals surface area contributed by atoms with Crippen LogP contribution in [-0.4, -0.2) is 34.2 Å². The van der Waals surface area contributed by atoms with E-state index < -0.39 is 6.09 Å². The standard InChI is InChI=1S/C9H12N2O3/c12-9(13)11-4-1-2-7(6-11)8-10-3-5-14-8/h3,5,7H,1-2,4,6H2,(H,12,13). The maximum absolute atomic E-state index is 10.7. The van der Waals surface area contributed by atoms with Crippen LogP contribution in [0.2, 0.25) is 0 Å². The molecule has 1 saturated heterocycles. The summed E-state index contributed by atoms with van der Waals surface area (Å²) in [4.78, 5) is 16.2. The van der Waals surface area contributed by atoms with Gasteiger partial charge in [-0.15, -0.1) is 0 Å². The fraction of sp³-hybridized carbons (Fsp3) is 0.556. The monoisotopic (exact) mass is 196 g/mol. The first kappa shape index (κ1) is 9.05. The van der Waals surface area contributed by atoms with Gasteiger partial charge in [0.25, 0.3) is 0 Å². The Balaban J connectivity index is 2.04. The second-order valence-corrected chi connectivity index (χ2v) is 3.44. The lowest BCUT2D eigenvalue weighted by atomic mass is 9.98. The van der Waals surface area contributed by atoms with E-state index in [1.165, 1.54) is 11.2 Å². The minimum atomic E-state index is -0.860. The smallest absolute Gasteiger partial charge is 0.407 e. The van der Waals surface area contributed by atoms with E-state index in [0.717, 1.165) is 12.8 Å². The van der Waals surface area contributed by atoms with Gasteiger partial charge in [-0.05, 0) is 12.8 Å². The van der Waals surface area contributed by atoms with Crippen molar-refractivity contribution in [3.63, 3.8) is 0 Å². The minimum absolute atomic E-state index is 0.120. The van der Waals surface area contributed by atoms with Crippen LogP contribution in [0, 0.1) is 0 Å². The molecule has 0 aromatic carbocycles. The van der Waals surface area contributed by atoms with Crippen LogP contribution in [0.15, 0.2) is 16.9 Å². The van der Waals surface area contributed by atoms with E-state index in [1.54, 1.807) is 6.20 Å². The Morgan fingerprint density at radius 1 is 1.71 bits per heavy atom. The number of rotatable bonds is 1. The highest BCUT2D eigenvalue weighted by Crippen LogP contribution is 2.25. The maximum Gasteiger partial charge on any atom is 0.407 e. The lowest BCUT2D eigenvalue weighted by Crippen LogP contribution is -2.38. The first-order valence-corrected chi connectivity index (χ1v) is 4.64. The number of aromatic nitrogens is 1. The number of carbonyl (C=O) groups is 1. The molecule has 1 fully saturated rings. The van der Waals surface area contributed by atoms with Gasteiger partial charge in [-0.3, -0.25) is 0 Å². The van der Waals surface area contributed by atoms with Crippen LogP contribution in [0.5, 0.6) is 0 Å². The van der Waals surface area contributed by atoms with Gasteiger partial charge in [-0.1, -0.05) is 0 Å². The van der Waals surface area contributed by atoms with Crippen molar-refractivity contribution in [3.8, 4) is 0 Å². The number of amides is 1. The van der Waals surface area contributed by atoms with Crippen LogP contribution in [0.25, 0.3) is 0 Å². The fourth-order valence-electron chi connectivity index (χ4n) is 1.79. The Morgan fingerprint density at radius 2 is 2.57 bits per heavy atom. The molecule has 1 atom stereocenters. The van der Waals surface area contributed by atoms with Crippen LogP contribution in [0.3, 0.4) is 0 Å². The average molecular weight is 196 g/mol. The fourth-order valence-corrected chi connectivity index (χ4v) is 1.79. The molecule has 5 heteroatoms. The molecule has 5 nitrogen and oxygen atoms in total. The summed E-state index contributed by atoms with van der Waals surface area (Å²) in [6, 6.07) is 0. The molecule has 1 aliphatic rings. The van der Waals surface area contributed by atoms with Crippen LogP contribution in [0.4, 0.5) is 4.79 Å². The number of carboxylic acid groups (broad SMARTS) is 1. The van der Waals surface area contributed by atoms with Gasteiger partial charge in [0.2, 0.25) is 0 Å². The highest BCUT2D eigenvalue weighted by atomic mass is 16.4. The van der Waals surface area contributed by atoms with E-state index >= 15 is 0 Å². The third-order valence-corrected chi connectivity index (χ3v) is 2.49. The highest BCUT2D eigenvalue weighted by molar-refractivity contribution is 5.65. The molecule has 1 N–H and O–H groups in total. The van der Waals surface area contributed by atoms with Crippen LogP contribution in [0.1, 0.15) is 24.7 Å². The Bertz CT molecular complexity index is 310. The van der Waals surface area contributed by atoms with Crippen LogP contribution < -0.4 is 0 Å². The lowest BCUT2D eigenvalue weighted by Gasteiger charge is -2.28. The Kier molecular flexibility index (Phi) is 2.39. The molecule has 14 heavy (non-hydrogen) atoms.